The van der Waals surface area contributed by atoms with Crippen LogP contribution in [0.2, 0.25) is 0 Å². The Hall–Kier alpha value is -3.98. The van der Waals surface area contributed by atoms with Crippen molar-refractivity contribution in [2.75, 3.05) is 69.8 Å². The van der Waals surface area contributed by atoms with Crippen molar-refractivity contribution in [3.63, 3.8) is 0 Å². The van der Waals surface area contributed by atoms with Gasteiger partial charge in [-0.2, -0.15) is 0 Å². The van der Waals surface area contributed by atoms with E-state index in [0.29, 0.717) is 18.3 Å². The number of benzene rings is 2. The smallest absolute Gasteiger partial charge is 0.225 e. The van der Waals surface area contributed by atoms with E-state index in [1.165, 1.54) is 18.4 Å². The number of piperidine rings is 1. The molecule has 2 saturated heterocycles. The zero-order valence-corrected chi connectivity index (χ0v) is 23.4. The van der Waals surface area contributed by atoms with Crippen LogP contribution in [0.1, 0.15) is 24.0 Å². The lowest BCUT2D eigenvalue weighted by Crippen LogP contribution is -2.47. The topological polar surface area (TPSA) is 79.7 Å². The fourth-order valence-corrected chi connectivity index (χ4v) is 5.74. The Morgan fingerprint density at radius 2 is 1.62 bits per heavy atom. The summed E-state index contributed by atoms with van der Waals surface area (Å²) in [5, 5.41) is 0.981. The summed E-state index contributed by atoms with van der Waals surface area (Å²) in [6.07, 6.45) is 8.77. The highest BCUT2D eigenvalue weighted by molar-refractivity contribution is 5.92. The number of rotatable bonds is 8. The Kier molecular flexibility index (Phi) is 7.90. The molecule has 1 atom stereocenters. The minimum absolute atomic E-state index is 0.522. The van der Waals surface area contributed by atoms with Crippen molar-refractivity contribution in [2.24, 2.45) is 5.92 Å². The standard InChI is InChI=1S/C31H37N7O2/c1-36-10-6-9-24(20-36)21-40-29-16-26-27(17-28(29)39-2)34-22-35-30(26)37-11-13-38(14-12-37)31-32-18-25(19-33-31)15-23-7-4-3-5-8-23/h3-5,7-8,16-19,22,24H,6,9-15,20-21H2,1-2H3/t24-/m0/s1. The maximum Gasteiger partial charge on any atom is 0.225 e. The van der Waals surface area contributed by atoms with Gasteiger partial charge in [-0.25, -0.2) is 19.9 Å². The largest absolute Gasteiger partial charge is 0.493 e. The Morgan fingerprint density at radius 1 is 0.850 bits per heavy atom. The maximum absolute atomic E-state index is 6.34. The van der Waals surface area contributed by atoms with Gasteiger partial charge in [-0.3, -0.25) is 0 Å². The highest BCUT2D eigenvalue weighted by atomic mass is 16.5. The van der Waals surface area contributed by atoms with Gasteiger partial charge in [0.2, 0.25) is 5.95 Å². The van der Waals surface area contributed by atoms with Gasteiger partial charge in [0.15, 0.2) is 11.5 Å². The zero-order chi connectivity index (χ0) is 27.3. The minimum Gasteiger partial charge on any atom is -0.493 e. The molecule has 4 aromatic rings. The summed E-state index contributed by atoms with van der Waals surface area (Å²) in [6.45, 7) is 6.17. The number of ether oxygens (including phenoxy) is 2. The van der Waals surface area contributed by atoms with Crippen molar-refractivity contribution in [1.82, 2.24) is 24.8 Å². The van der Waals surface area contributed by atoms with E-state index in [0.717, 1.165) is 79.7 Å². The molecule has 4 heterocycles. The molecule has 0 saturated carbocycles. The molecule has 9 heteroatoms. The van der Waals surface area contributed by atoms with Crippen LogP contribution in [0.3, 0.4) is 0 Å². The molecule has 2 aliphatic rings. The Morgan fingerprint density at radius 3 is 2.38 bits per heavy atom. The van der Waals surface area contributed by atoms with Crippen LogP contribution in [-0.4, -0.2) is 84.9 Å². The van der Waals surface area contributed by atoms with Crippen molar-refractivity contribution >= 4 is 22.7 Å². The van der Waals surface area contributed by atoms with E-state index >= 15 is 0 Å². The number of likely N-dealkylation sites (tertiary alicyclic amines) is 1. The van der Waals surface area contributed by atoms with E-state index < -0.39 is 0 Å². The number of aromatic nitrogens is 4. The molecule has 2 aliphatic heterocycles. The van der Waals surface area contributed by atoms with Crippen LogP contribution in [0.25, 0.3) is 10.9 Å². The van der Waals surface area contributed by atoms with Gasteiger partial charge < -0.3 is 24.2 Å². The van der Waals surface area contributed by atoms with Crippen molar-refractivity contribution < 1.29 is 9.47 Å². The van der Waals surface area contributed by atoms with E-state index in [2.05, 4.69) is 67.0 Å². The van der Waals surface area contributed by atoms with Crippen LogP contribution >= 0.6 is 0 Å². The third-order valence-corrected chi connectivity index (χ3v) is 7.90. The third-order valence-electron chi connectivity index (χ3n) is 7.90. The molecule has 40 heavy (non-hydrogen) atoms. The molecule has 0 radical (unpaired) electrons. The maximum atomic E-state index is 6.34. The normalized spacial score (nSPS) is 18.2. The monoisotopic (exact) mass is 539 g/mol. The van der Waals surface area contributed by atoms with Crippen LogP contribution in [0, 0.1) is 5.92 Å². The number of anilines is 2. The van der Waals surface area contributed by atoms with Crippen LogP contribution in [0.5, 0.6) is 11.5 Å². The lowest BCUT2D eigenvalue weighted by Gasteiger charge is -2.35. The molecule has 0 amide bonds. The van der Waals surface area contributed by atoms with E-state index in [1.54, 1.807) is 13.4 Å². The van der Waals surface area contributed by atoms with Gasteiger partial charge in [0.1, 0.15) is 12.1 Å². The summed E-state index contributed by atoms with van der Waals surface area (Å²) >= 11 is 0. The summed E-state index contributed by atoms with van der Waals surface area (Å²) < 4.78 is 12.0. The third kappa shape index (κ3) is 5.94. The van der Waals surface area contributed by atoms with E-state index in [4.69, 9.17) is 14.5 Å². The molecule has 0 aliphatic carbocycles. The van der Waals surface area contributed by atoms with E-state index in [9.17, 15) is 0 Å². The van der Waals surface area contributed by atoms with Crippen LogP contribution in [0.15, 0.2) is 61.2 Å². The predicted molar refractivity (Wildman–Crippen MR) is 158 cm³/mol. The molecule has 9 nitrogen and oxygen atoms in total. The zero-order valence-electron chi connectivity index (χ0n) is 23.4. The highest BCUT2D eigenvalue weighted by Crippen LogP contribution is 2.36. The number of fused-ring (bicyclic) bond motifs is 1. The van der Waals surface area contributed by atoms with Gasteiger partial charge in [0, 0.05) is 68.9 Å². The second kappa shape index (κ2) is 12.0. The molecule has 0 unspecified atom stereocenters. The summed E-state index contributed by atoms with van der Waals surface area (Å²) in [4.78, 5) is 25.5. The number of hydrogen-bond acceptors (Lipinski definition) is 9. The molecular formula is C31H37N7O2. The summed E-state index contributed by atoms with van der Waals surface area (Å²) in [6, 6.07) is 14.4. The SMILES string of the molecule is COc1cc2ncnc(N3CCN(c4ncc(Cc5ccccc5)cn4)CC3)c2cc1OC[C@H]1CCCN(C)C1. The summed E-state index contributed by atoms with van der Waals surface area (Å²) in [5.41, 5.74) is 3.23. The molecular weight excluding hydrogens is 502 g/mol. The first-order chi connectivity index (χ1) is 19.7. The van der Waals surface area contributed by atoms with Crippen molar-refractivity contribution in [1.29, 1.82) is 0 Å². The quantitative estimate of drug-likeness (QED) is 0.329. The first kappa shape index (κ1) is 26.3. The van der Waals surface area contributed by atoms with Crippen LogP contribution < -0.4 is 19.3 Å². The van der Waals surface area contributed by atoms with Crippen molar-refractivity contribution in [2.45, 2.75) is 19.3 Å². The van der Waals surface area contributed by atoms with Gasteiger partial charge in [0.25, 0.3) is 0 Å². The molecule has 2 aromatic carbocycles. The highest BCUT2D eigenvalue weighted by Gasteiger charge is 2.23. The van der Waals surface area contributed by atoms with Crippen LogP contribution in [-0.2, 0) is 6.42 Å². The predicted octanol–water partition coefficient (Wildman–Crippen LogP) is 4.07. The van der Waals surface area contributed by atoms with Gasteiger partial charge in [-0.1, -0.05) is 30.3 Å². The Balaban J connectivity index is 1.13. The fourth-order valence-electron chi connectivity index (χ4n) is 5.74. The lowest BCUT2D eigenvalue weighted by atomic mass is 9.99. The molecule has 208 valence electrons. The van der Waals surface area contributed by atoms with Crippen LogP contribution in [0.4, 0.5) is 11.8 Å². The number of methoxy groups -OCH3 is 1. The Bertz CT molecular complexity index is 1410. The first-order valence-corrected chi connectivity index (χ1v) is 14.1. The molecule has 0 bridgehead atoms. The molecule has 0 spiro atoms. The molecule has 2 aromatic heterocycles. The second-order valence-corrected chi connectivity index (χ2v) is 10.8. The average Bonchev–Trinajstić information content (AvgIpc) is 3.00. The van der Waals surface area contributed by atoms with Gasteiger partial charge in [0.05, 0.1) is 19.2 Å². The Labute approximate surface area is 235 Å². The van der Waals surface area contributed by atoms with Gasteiger partial charge >= 0.3 is 0 Å². The fraction of sp³-hybridized carbons (Fsp3) is 0.419. The minimum atomic E-state index is 0.522. The summed E-state index contributed by atoms with van der Waals surface area (Å²) in [7, 11) is 3.86. The number of piperazine rings is 1. The number of hydrogen-bond donors (Lipinski definition) is 0. The molecule has 0 N–H and O–H groups in total. The van der Waals surface area contributed by atoms with Crippen molar-refractivity contribution in [3.8, 4) is 11.5 Å². The van der Waals surface area contributed by atoms with E-state index in [1.807, 2.05) is 24.5 Å². The van der Waals surface area contributed by atoms with Gasteiger partial charge in [-0.05, 0) is 43.6 Å². The average molecular weight is 540 g/mol. The van der Waals surface area contributed by atoms with E-state index in [-0.39, 0.29) is 0 Å². The van der Waals surface area contributed by atoms with Crippen molar-refractivity contribution in [3.05, 3.63) is 72.3 Å². The first-order valence-electron chi connectivity index (χ1n) is 14.1. The second-order valence-electron chi connectivity index (χ2n) is 10.8. The summed E-state index contributed by atoms with van der Waals surface area (Å²) in [5.74, 6) is 3.68. The van der Waals surface area contributed by atoms with Gasteiger partial charge in [-0.15, -0.1) is 0 Å². The molecule has 6 rings (SSSR count). The lowest BCUT2D eigenvalue weighted by molar-refractivity contribution is 0.148. The molecule has 2 fully saturated rings. The number of nitrogens with zero attached hydrogens (tertiary/aromatic N) is 7.